The van der Waals surface area contributed by atoms with Crippen LogP contribution in [-0.4, -0.2) is 11.8 Å². The average Bonchev–Trinajstić information content (AvgIpc) is 2.47. The van der Waals surface area contributed by atoms with Crippen LogP contribution in [0.1, 0.15) is 5.56 Å². The van der Waals surface area contributed by atoms with Crippen molar-refractivity contribution in [3.8, 4) is 0 Å². The Morgan fingerprint density at radius 2 is 1.73 bits per heavy atom. The molecule has 0 unspecified atom stereocenters. The first-order chi connectivity index (χ1) is 7.18. The van der Waals surface area contributed by atoms with Crippen molar-refractivity contribution in [1.29, 1.82) is 0 Å². The molecule has 1 aromatic rings. The fraction of sp³-hybridized carbons (Fsp3) is 0.0909. The maximum absolute atomic E-state index is 11.4. The molecule has 0 aromatic heterocycles. The van der Waals surface area contributed by atoms with Gasteiger partial charge in [-0.05, 0) is 21.5 Å². The minimum atomic E-state index is -0.356. The maximum atomic E-state index is 11.4. The normalized spacial score (nSPS) is 15.8. The van der Waals surface area contributed by atoms with E-state index >= 15 is 0 Å². The number of rotatable bonds is 2. The van der Waals surface area contributed by atoms with Crippen LogP contribution in [0.25, 0.3) is 0 Å². The van der Waals surface area contributed by atoms with Crippen molar-refractivity contribution in [3.63, 3.8) is 0 Å². The Morgan fingerprint density at radius 3 is 2.27 bits per heavy atom. The molecular formula is C11H8BrNO2. The highest BCUT2D eigenvalue weighted by molar-refractivity contribution is 9.12. The Bertz CT molecular complexity index is 451. The average molecular weight is 266 g/mol. The van der Waals surface area contributed by atoms with Crippen LogP contribution in [0.2, 0.25) is 0 Å². The molecule has 1 aromatic carbocycles. The molecule has 0 atom stereocenters. The number of nitrogens with one attached hydrogen (secondary N) is 1. The van der Waals surface area contributed by atoms with Gasteiger partial charge >= 0.3 is 0 Å². The highest BCUT2D eigenvalue weighted by Gasteiger charge is 2.27. The Kier molecular flexibility index (Phi) is 2.68. The molecule has 2 amide bonds. The lowest BCUT2D eigenvalue weighted by molar-refractivity contribution is -0.123. The molecule has 0 fully saturated rings. The molecule has 1 aliphatic heterocycles. The molecule has 15 heavy (non-hydrogen) atoms. The first-order valence-electron chi connectivity index (χ1n) is 4.47. The van der Waals surface area contributed by atoms with E-state index in [1.54, 1.807) is 0 Å². The molecule has 1 heterocycles. The standard InChI is InChI=1S/C11H8BrNO2/c12-9-8(10(14)13-11(9)15)6-7-4-2-1-3-5-7/h1-5H,6H2,(H,13,14,15). The van der Waals surface area contributed by atoms with Gasteiger partial charge in [0, 0.05) is 12.0 Å². The van der Waals surface area contributed by atoms with Crippen LogP contribution in [-0.2, 0) is 16.0 Å². The third-order valence-electron chi connectivity index (χ3n) is 2.19. The molecule has 76 valence electrons. The topological polar surface area (TPSA) is 46.2 Å². The zero-order valence-electron chi connectivity index (χ0n) is 7.79. The molecule has 1 aliphatic rings. The van der Waals surface area contributed by atoms with E-state index in [2.05, 4.69) is 21.2 Å². The smallest absolute Gasteiger partial charge is 0.265 e. The summed E-state index contributed by atoms with van der Waals surface area (Å²) >= 11 is 3.11. The van der Waals surface area contributed by atoms with Crippen molar-refractivity contribution in [3.05, 3.63) is 46.0 Å². The van der Waals surface area contributed by atoms with Gasteiger partial charge in [0.1, 0.15) is 0 Å². The van der Waals surface area contributed by atoms with E-state index in [0.29, 0.717) is 16.5 Å². The van der Waals surface area contributed by atoms with Crippen molar-refractivity contribution in [2.24, 2.45) is 0 Å². The number of carbonyl (C=O) groups is 2. The third kappa shape index (κ3) is 1.99. The first-order valence-corrected chi connectivity index (χ1v) is 5.26. The van der Waals surface area contributed by atoms with Crippen LogP contribution in [0, 0.1) is 0 Å². The summed E-state index contributed by atoms with van der Waals surface area (Å²) in [6.07, 6.45) is 0.471. The van der Waals surface area contributed by atoms with E-state index in [9.17, 15) is 9.59 Å². The quantitative estimate of drug-likeness (QED) is 0.825. The Balaban J connectivity index is 2.27. The largest absolute Gasteiger partial charge is 0.288 e. The minimum absolute atomic E-state index is 0.310. The molecule has 0 saturated carbocycles. The van der Waals surface area contributed by atoms with Gasteiger partial charge in [-0.25, -0.2) is 0 Å². The van der Waals surface area contributed by atoms with Crippen molar-refractivity contribution < 1.29 is 9.59 Å². The summed E-state index contributed by atoms with van der Waals surface area (Å²) in [5.74, 6) is -0.665. The van der Waals surface area contributed by atoms with Crippen LogP contribution < -0.4 is 5.32 Å². The maximum Gasteiger partial charge on any atom is 0.265 e. The summed E-state index contributed by atoms with van der Waals surface area (Å²) < 4.78 is 0.344. The van der Waals surface area contributed by atoms with Crippen molar-refractivity contribution in [2.45, 2.75) is 6.42 Å². The first kappa shape index (κ1) is 10.1. The second kappa shape index (κ2) is 3.98. The third-order valence-corrected chi connectivity index (χ3v) is 3.03. The molecular weight excluding hydrogens is 258 g/mol. The van der Waals surface area contributed by atoms with Gasteiger partial charge in [0.15, 0.2) is 0 Å². The van der Waals surface area contributed by atoms with Gasteiger partial charge < -0.3 is 0 Å². The summed E-state index contributed by atoms with van der Waals surface area (Å²) in [5, 5.41) is 2.24. The molecule has 0 saturated heterocycles. The number of amides is 2. The fourth-order valence-electron chi connectivity index (χ4n) is 1.43. The van der Waals surface area contributed by atoms with Gasteiger partial charge in [-0.3, -0.25) is 14.9 Å². The Morgan fingerprint density at radius 1 is 1.07 bits per heavy atom. The molecule has 0 spiro atoms. The van der Waals surface area contributed by atoms with Crippen LogP contribution in [0.4, 0.5) is 0 Å². The SMILES string of the molecule is O=C1NC(=O)C(Cc2ccccc2)=C1Br. The van der Waals surface area contributed by atoms with Gasteiger partial charge in [-0.15, -0.1) is 0 Å². The van der Waals surface area contributed by atoms with E-state index in [4.69, 9.17) is 0 Å². The molecule has 1 N–H and O–H groups in total. The van der Waals surface area contributed by atoms with Gasteiger partial charge in [-0.2, -0.15) is 0 Å². The van der Waals surface area contributed by atoms with Crippen LogP contribution >= 0.6 is 15.9 Å². The minimum Gasteiger partial charge on any atom is -0.288 e. The van der Waals surface area contributed by atoms with Crippen molar-refractivity contribution in [2.75, 3.05) is 0 Å². The van der Waals surface area contributed by atoms with E-state index in [1.807, 2.05) is 30.3 Å². The Hall–Kier alpha value is -1.42. The monoisotopic (exact) mass is 265 g/mol. The Labute approximate surface area is 95.3 Å². The van der Waals surface area contributed by atoms with Crippen LogP contribution in [0.5, 0.6) is 0 Å². The summed E-state index contributed by atoms with van der Waals surface area (Å²) in [4.78, 5) is 22.5. The number of carbonyl (C=O) groups excluding carboxylic acids is 2. The summed E-state index contributed by atoms with van der Waals surface area (Å²) in [5.41, 5.74) is 1.50. The van der Waals surface area contributed by atoms with Crippen molar-refractivity contribution >= 4 is 27.7 Å². The number of hydrogen-bond donors (Lipinski definition) is 1. The summed E-state index contributed by atoms with van der Waals surface area (Å²) in [7, 11) is 0. The molecule has 4 heteroatoms. The molecule has 0 bridgehead atoms. The summed E-state index contributed by atoms with van der Waals surface area (Å²) in [6.45, 7) is 0. The lowest BCUT2D eigenvalue weighted by atomic mass is 10.1. The number of hydrogen-bond acceptors (Lipinski definition) is 2. The van der Waals surface area contributed by atoms with Gasteiger partial charge in [0.2, 0.25) is 0 Å². The number of benzene rings is 1. The van der Waals surface area contributed by atoms with Gasteiger partial charge in [-0.1, -0.05) is 30.3 Å². The molecule has 2 rings (SSSR count). The van der Waals surface area contributed by atoms with Gasteiger partial charge in [0.25, 0.3) is 11.8 Å². The highest BCUT2D eigenvalue weighted by atomic mass is 79.9. The van der Waals surface area contributed by atoms with Crippen LogP contribution in [0.15, 0.2) is 40.4 Å². The lowest BCUT2D eigenvalue weighted by Crippen LogP contribution is -2.23. The van der Waals surface area contributed by atoms with E-state index in [0.717, 1.165) is 5.56 Å². The number of halogens is 1. The zero-order valence-corrected chi connectivity index (χ0v) is 9.37. The molecule has 0 radical (unpaired) electrons. The lowest BCUT2D eigenvalue weighted by Gasteiger charge is -2.00. The highest BCUT2D eigenvalue weighted by Crippen LogP contribution is 2.21. The van der Waals surface area contributed by atoms with Gasteiger partial charge in [0.05, 0.1) is 4.48 Å². The van der Waals surface area contributed by atoms with E-state index in [-0.39, 0.29) is 11.8 Å². The second-order valence-corrected chi connectivity index (χ2v) is 4.03. The van der Waals surface area contributed by atoms with Crippen molar-refractivity contribution in [1.82, 2.24) is 5.32 Å². The van der Waals surface area contributed by atoms with E-state index in [1.165, 1.54) is 0 Å². The zero-order chi connectivity index (χ0) is 10.8. The number of imide groups is 1. The predicted molar refractivity (Wildman–Crippen MR) is 59.2 cm³/mol. The van der Waals surface area contributed by atoms with Crippen LogP contribution in [0.3, 0.4) is 0 Å². The second-order valence-electron chi connectivity index (χ2n) is 3.24. The summed E-state index contributed by atoms with van der Waals surface area (Å²) in [6, 6.07) is 9.55. The molecule has 3 nitrogen and oxygen atoms in total. The fourth-order valence-corrected chi connectivity index (χ4v) is 1.85. The van der Waals surface area contributed by atoms with E-state index < -0.39 is 0 Å². The predicted octanol–water partition coefficient (Wildman–Crippen LogP) is 1.53. The molecule has 0 aliphatic carbocycles.